The Kier molecular flexibility index (Phi) is 4.33. The summed E-state index contributed by atoms with van der Waals surface area (Å²) in [6, 6.07) is 12.3. The van der Waals surface area contributed by atoms with Gasteiger partial charge in [-0.3, -0.25) is 4.79 Å². The third-order valence-corrected chi connectivity index (χ3v) is 4.73. The second-order valence-corrected chi connectivity index (χ2v) is 6.48. The van der Waals surface area contributed by atoms with Gasteiger partial charge in [0.15, 0.2) is 5.82 Å². The van der Waals surface area contributed by atoms with Gasteiger partial charge in [0, 0.05) is 18.0 Å². The van der Waals surface area contributed by atoms with E-state index in [1.54, 1.807) is 23.8 Å². The molecule has 2 heterocycles. The van der Waals surface area contributed by atoms with Gasteiger partial charge in [0.1, 0.15) is 12.1 Å². The lowest BCUT2D eigenvalue weighted by Crippen LogP contribution is -2.25. The van der Waals surface area contributed by atoms with Crippen molar-refractivity contribution in [2.45, 2.75) is 18.5 Å². The molecule has 144 valence electrons. The third-order valence-electron chi connectivity index (χ3n) is 4.73. The van der Waals surface area contributed by atoms with E-state index in [0.717, 1.165) is 17.7 Å². The van der Waals surface area contributed by atoms with Crippen LogP contribution in [0.2, 0.25) is 0 Å². The maximum absolute atomic E-state index is 13.1. The van der Waals surface area contributed by atoms with Gasteiger partial charge in [0.2, 0.25) is 5.91 Å². The molecule has 28 heavy (non-hydrogen) atoms. The van der Waals surface area contributed by atoms with Crippen molar-refractivity contribution in [3.63, 3.8) is 0 Å². The molecule has 4 rings (SSSR count). The van der Waals surface area contributed by atoms with E-state index in [1.807, 2.05) is 18.2 Å². The number of imidazole rings is 1. The normalized spacial score (nSPS) is 16.4. The van der Waals surface area contributed by atoms with Gasteiger partial charge in [-0.15, -0.1) is 0 Å². The summed E-state index contributed by atoms with van der Waals surface area (Å²) in [5.74, 6) is 0.419. The predicted octanol–water partition coefficient (Wildman–Crippen LogP) is 4.37. The second-order valence-electron chi connectivity index (χ2n) is 6.48. The van der Waals surface area contributed by atoms with E-state index in [2.05, 4.69) is 10.3 Å². The first-order valence-corrected chi connectivity index (χ1v) is 8.55. The van der Waals surface area contributed by atoms with Crippen molar-refractivity contribution < 1.29 is 22.7 Å². The van der Waals surface area contributed by atoms with Crippen LogP contribution in [0.15, 0.2) is 54.9 Å². The molecule has 0 bridgehead atoms. The summed E-state index contributed by atoms with van der Waals surface area (Å²) in [5, 5.41) is 2.70. The molecular weight excluding hydrogens is 371 g/mol. The molecule has 8 heteroatoms. The molecule has 0 radical (unpaired) electrons. The Morgan fingerprint density at radius 3 is 2.71 bits per heavy atom. The molecule has 0 saturated heterocycles. The molecule has 1 aromatic heterocycles. The van der Waals surface area contributed by atoms with Gasteiger partial charge in [-0.1, -0.05) is 18.2 Å². The van der Waals surface area contributed by atoms with Crippen molar-refractivity contribution in [1.29, 1.82) is 0 Å². The van der Waals surface area contributed by atoms with Crippen LogP contribution >= 0.6 is 0 Å². The lowest BCUT2D eigenvalue weighted by molar-refractivity contribution is -0.137. The molecule has 1 atom stereocenters. The number of nitrogens with one attached hydrogen (secondary N) is 1. The summed E-state index contributed by atoms with van der Waals surface area (Å²) >= 11 is 0. The van der Waals surface area contributed by atoms with E-state index < -0.39 is 11.7 Å². The molecule has 2 aromatic carbocycles. The van der Waals surface area contributed by atoms with Gasteiger partial charge in [0.25, 0.3) is 0 Å². The van der Waals surface area contributed by atoms with Crippen LogP contribution in [0.25, 0.3) is 5.69 Å². The zero-order chi connectivity index (χ0) is 19.9. The fourth-order valence-electron chi connectivity index (χ4n) is 3.42. The number of fused-ring (bicyclic) bond motifs is 1. The zero-order valence-corrected chi connectivity index (χ0v) is 14.8. The number of carbonyl (C=O) groups excluding carboxylic acids is 1. The molecule has 0 spiro atoms. The lowest BCUT2D eigenvalue weighted by atomic mass is 9.89. The van der Waals surface area contributed by atoms with Crippen molar-refractivity contribution in [3.05, 3.63) is 71.7 Å². The number of anilines is 1. The van der Waals surface area contributed by atoms with Crippen molar-refractivity contribution in [3.8, 4) is 11.4 Å². The Labute approximate surface area is 158 Å². The molecule has 0 saturated carbocycles. The second kappa shape index (κ2) is 6.70. The van der Waals surface area contributed by atoms with Crippen LogP contribution < -0.4 is 10.1 Å². The molecule has 0 fully saturated rings. The van der Waals surface area contributed by atoms with E-state index in [0.29, 0.717) is 22.9 Å². The summed E-state index contributed by atoms with van der Waals surface area (Å²) in [7, 11) is 1.55. The minimum atomic E-state index is -4.45. The number of halogens is 3. The monoisotopic (exact) mass is 387 g/mol. The number of ether oxygens (including phenoxy) is 1. The summed E-state index contributed by atoms with van der Waals surface area (Å²) in [6.45, 7) is 0. The highest BCUT2D eigenvalue weighted by Gasteiger charge is 2.33. The number of carbonyl (C=O) groups is 1. The quantitative estimate of drug-likeness (QED) is 0.726. The molecule has 1 N–H and O–H groups in total. The lowest BCUT2D eigenvalue weighted by Gasteiger charge is -2.25. The number of alkyl halides is 3. The first-order chi connectivity index (χ1) is 13.4. The fraction of sp³-hybridized carbons (Fsp3) is 0.200. The van der Waals surface area contributed by atoms with Crippen LogP contribution in [0.3, 0.4) is 0 Å². The van der Waals surface area contributed by atoms with Crippen molar-refractivity contribution in [2.75, 3.05) is 12.4 Å². The minimum absolute atomic E-state index is 0.158. The van der Waals surface area contributed by atoms with Crippen LogP contribution in [0.1, 0.15) is 29.2 Å². The van der Waals surface area contributed by atoms with Gasteiger partial charge in [-0.05, 0) is 35.9 Å². The van der Waals surface area contributed by atoms with Crippen molar-refractivity contribution in [1.82, 2.24) is 9.55 Å². The predicted molar refractivity (Wildman–Crippen MR) is 96.6 cm³/mol. The number of hydrogen-bond donors (Lipinski definition) is 1. The van der Waals surface area contributed by atoms with Crippen molar-refractivity contribution in [2.24, 2.45) is 0 Å². The van der Waals surface area contributed by atoms with Gasteiger partial charge in [-0.2, -0.15) is 13.2 Å². The number of rotatable bonds is 3. The Bertz CT molecular complexity index is 1040. The first kappa shape index (κ1) is 18.1. The summed E-state index contributed by atoms with van der Waals surface area (Å²) in [4.78, 5) is 16.4. The molecule has 1 aliphatic rings. The van der Waals surface area contributed by atoms with Crippen LogP contribution in [0.4, 0.5) is 19.0 Å². The number of aromatic nitrogens is 2. The van der Waals surface area contributed by atoms with E-state index in [-0.39, 0.29) is 18.2 Å². The van der Waals surface area contributed by atoms with Gasteiger partial charge in [0.05, 0.1) is 18.4 Å². The van der Waals surface area contributed by atoms with Crippen LogP contribution in [-0.4, -0.2) is 22.6 Å². The highest BCUT2D eigenvalue weighted by Crippen LogP contribution is 2.39. The standard InChI is InChI=1S/C20H16F3N3O2/c1-28-15-7-2-4-12(8-15)16-10-17(27)25-19-18(16)26(11-24-19)14-6-3-5-13(9-14)20(21,22)23/h2-9,11,16H,10H2,1H3,(H,25,27)/t16-/m0/s1. The fourth-order valence-corrected chi connectivity index (χ4v) is 3.42. The molecule has 0 aliphatic carbocycles. The average Bonchev–Trinajstić information content (AvgIpc) is 3.10. The maximum Gasteiger partial charge on any atom is 0.416 e. The zero-order valence-electron chi connectivity index (χ0n) is 14.8. The average molecular weight is 387 g/mol. The van der Waals surface area contributed by atoms with Crippen LogP contribution in [-0.2, 0) is 11.0 Å². The summed E-state index contributed by atoms with van der Waals surface area (Å²) < 4.78 is 46.2. The molecule has 1 aliphatic heterocycles. The van der Waals surface area contributed by atoms with Gasteiger partial charge in [-0.25, -0.2) is 4.98 Å². The van der Waals surface area contributed by atoms with E-state index in [4.69, 9.17) is 4.74 Å². The molecular formula is C20H16F3N3O2. The minimum Gasteiger partial charge on any atom is -0.497 e. The molecule has 1 amide bonds. The first-order valence-electron chi connectivity index (χ1n) is 8.55. The molecule has 5 nitrogen and oxygen atoms in total. The van der Waals surface area contributed by atoms with E-state index >= 15 is 0 Å². The van der Waals surface area contributed by atoms with Crippen LogP contribution in [0.5, 0.6) is 5.75 Å². The number of hydrogen-bond acceptors (Lipinski definition) is 3. The largest absolute Gasteiger partial charge is 0.497 e. The third kappa shape index (κ3) is 3.21. The topological polar surface area (TPSA) is 56.1 Å². The Morgan fingerprint density at radius 1 is 1.18 bits per heavy atom. The van der Waals surface area contributed by atoms with E-state index in [1.165, 1.54) is 12.4 Å². The number of methoxy groups -OCH3 is 1. The SMILES string of the molecule is COc1cccc([C@@H]2CC(=O)Nc3ncn(-c4cccc(C(F)(F)F)c4)c32)c1. The highest BCUT2D eigenvalue weighted by molar-refractivity contribution is 5.94. The molecule has 0 unspecified atom stereocenters. The van der Waals surface area contributed by atoms with Crippen molar-refractivity contribution >= 4 is 11.7 Å². The van der Waals surface area contributed by atoms with Crippen LogP contribution in [0, 0.1) is 0 Å². The van der Waals surface area contributed by atoms with E-state index in [9.17, 15) is 18.0 Å². The van der Waals surface area contributed by atoms with Gasteiger partial charge < -0.3 is 14.6 Å². The smallest absolute Gasteiger partial charge is 0.416 e. The molecule has 3 aromatic rings. The number of amides is 1. The number of benzene rings is 2. The van der Waals surface area contributed by atoms with Gasteiger partial charge >= 0.3 is 6.18 Å². The summed E-state index contributed by atoms with van der Waals surface area (Å²) in [5.41, 5.74) is 1.04. The number of nitrogens with zero attached hydrogens (tertiary/aromatic N) is 2. The Morgan fingerprint density at radius 2 is 1.96 bits per heavy atom. The maximum atomic E-state index is 13.1. The Balaban J connectivity index is 1.85. The summed E-state index contributed by atoms with van der Waals surface area (Å²) in [6.07, 6.45) is -2.86. The highest BCUT2D eigenvalue weighted by atomic mass is 19.4. The Hall–Kier alpha value is -3.29.